The van der Waals surface area contributed by atoms with Gasteiger partial charge >= 0.3 is 0 Å². The minimum absolute atomic E-state index is 0.0908. The average molecular weight is 722 g/mol. The van der Waals surface area contributed by atoms with E-state index in [-0.39, 0.29) is 10.8 Å². The molecular weight excluding hydrogens is 675 g/mol. The highest BCUT2D eigenvalue weighted by Crippen LogP contribution is 2.45. The first-order valence-corrected chi connectivity index (χ1v) is 19.8. The third-order valence-electron chi connectivity index (χ3n) is 11.4. The van der Waals surface area contributed by atoms with Crippen molar-refractivity contribution in [2.45, 2.75) is 52.4 Å². The fourth-order valence-corrected chi connectivity index (χ4v) is 8.22. The van der Waals surface area contributed by atoms with Crippen molar-refractivity contribution in [3.05, 3.63) is 187 Å². The fraction of sp³-hybridized carbons (Fsp3) is 0.145. The maximum Gasteiger partial charge on any atom is 0.0709 e. The molecule has 0 fully saturated rings. The number of hydrogen-bond donors (Lipinski definition) is 0. The summed E-state index contributed by atoms with van der Waals surface area (Å²) in [6.07, 6.45) is 0. The van der Waals surface area contributed by atoms with E-state index in [4.69, 9.17) is 4.98 Å². The third-order valence-corrected chi connectivity index (χ3v) is 11.4. The Morgan fingerprint density at radius 1 is 0.321 bits per heavy atom. The Morgan fingerprint density at radius 3 is 1.20 bits per heavy atom. The highest BCUT2D eigenvalue weighted by atomic mass is 14.7. The molecule has 1 heterocycles. The smallest absolute Gasteiger partial charge is 0.0709 e. The van der Waals surface area contributed by atoms with Gasteiger partial charge in [-0.25, -0.2) is 4.98 Å². The van der Waals surface area contributed by atoms with Crippen molar-refractivity contribution in [1.82, 2.24) is 4.98 Å². The Balaban J connectivity index is 1.23. The molecule has 0 atom stereocenters. The Bertz CT molecular complexity index is 2750. The molecular formula is C55H47N. The number of fused-ring (bicyclic) bond motifs is 3. The Hall–Kier alpha value is -6.31. The fourth-order valence-electron chi connectivity index (χ4n) is 8.22. The van der Waals surface area contributed by atoms with Crippen molar-refractivity contribution in [3.8, 4) is 55.8 Å². The summed E-state index contributed by atoms with van der Waals surface area (Å²) in [6, 6.07) is 65.0. The van der Waals surface area contributed by atoms with E-state index in [1.807, 2.05) is 6.07 Å². The van der Waals surface area contributed by atoms with Gasteiger partial charge in [-0.1, -0.05) is 187 Å². The lowest BCUT2D eigenvalue weighted by Gasteiger charge is -2.21. The highest BCUT2D eigenvalue weighted by molar-refractivity contribution is 6.21. The van der Waals surface area contributed by atoms with E-state index in [1.165, 1.54) is 77.2 Å². The van der Waals surface area contributed by atoms with Crippen LogP contribution in [-0.2, 0) is 10.8 Å². The van der Waals surface area contributed by atoms with Crippen LogP contribution < -0.4 is 0 Å². The first-order chi connectivity index (χ1) is 27.0. The minimum atomic E-state index is 0.0908. The molecule has 272 valence electrons. The lowest BCUT2D eigenvalue weighted by Crippen LogP contribution is -2.10. The Labute approximate surface area is 331 Å². The molecule has 9 rings (SSSR count). The van der Waals surface area contributed by atoms with Gasteiger partial charge in [-0.05, 0) is 118 Å². The van der Waals surface area contributed by atoms with Crippen LogP contribution in [0, 0.1) is 0 Å². The molecule has 1 nitrogen and oxygen atoms in total. The van der Waals surface area contributed by atoms with E-state index < -0.39 is 0 Å². The molecule has 56 heavy (non-hydrogen) atoms. The second-order valence-electron chi connectivity index (χ2n) is 17.3. The van der Waals surface area contributed by atoms with Crippen LogP contribution in [0.3, 0.4) is 0 Å². The summed E-state index contributed by atoms with van der Waals surface area (Å²) in [5.41, 5.74) is 15.8. The molecule has 0 aliphatic carbocycles. The van der Waals surface area contributed by atoms with Gasteiger partial charge in [-0.2, -0.15) is 0 Å². The van der Waals surface area contributed by atoms with Gasteiger partial charge in [0, 0.05) is 10.9 Å². The van der Waals surface area contributed by atoms with Crippen LogP contribution in [0.25, 0.3) is 88.2 Å². The normalized spacial score (nSPS) is 12.1. The zero-order valence-corrected chi connectivity index (χ0v) is 33.2. The second kappa shape index (κ2) is 13.8. The topological polar surface area (TPSA) is 12.9 Å². The van der Waals surface area contributed by atoms with Crippen LogP contribution in [0.1, 0.15) is 52.7 Å². The van der Waals surface area contributed by atoms with Crippen LogP contribution in [0.15, 0.2) is 176 Å². The molecule has 0 aliphatic heterocycles. The number of rotatable bonds is 5. The SMILES string of the molecule is CC(C)(C)c1ccc(-c2cc(-c3ccc(C(C)(C)C)cc3)cc(-c3c4ccccc4c(-c4ccc(-c5ccc6ccccc6n5)cc4)c4ccccc34)c2)cc1. The molecule has 1 aromatic heterocycles. The first-order valence-electron chi connectivity index (χ1n) is 19.8. The molecule has 0 saturated carbocycles. The van der Waals surface area contributed by atoms with Crippen molar-refractivity contribution in [2.24, 2.45) is 0 Å². The number of nitrogens with zero attached hydrogens (tertiary/aromatic N) is 1. The lowest BCUT2D eigenvalue weighted by atomic mass is 9.83. The van der Waals surface area contributed by atoms with Gasteiger partial charge in [0.25, 0.3) is 0 Å². The van der Waals surface area contributed by atoms with Gasteiger partial charge in [0.15, 0.2) is 0 Å². The molecule has 0 amide bonds. The molecule has 0 N–H and O–H groups in total. The maximum absolute atomic E-state index is 4.98. The zero-order chi connectivity index (χ0) is 38.6. The van der Waals surface area contributed by atoms with Crippen LogP contribution in [0.4, 0.5) is 0 Å². The summed E-state index contributed by atoms with van der Waals surface area (Å²) >= 11 is 0. The van der Waals surface area contributed by atoms with Crippen molar-refractivity contribution in [2.75, 3.05) is 0 Å². The number of pyridine rings is 1. The van der Waals surface area contributed by atoms with Crippen molar-refractivity contribution >= 4 is 32.4 Å². The standard InChI is InChI=1S/C55H47N/c1-54(2,3)44-28-23-36(24-29-44)41-33-42(37-25-30-45(31-26-37)55(4,5)6)35-43(34-41)53-48-16-10-8-14-46(48)52(47-15-9-11-17-49(47)53)40-21-19-39(20-22-40)51-32-27-38-13-7-12-18-50(38)56-51/h7-35H,1-6H3. The quantitative estimate of drug-likeness (QED) is 0.161. The van der Waals surface area contributed by atoms with E-state index >= 15 is 0 Å². The number of hydrogen-bond acceptors (Lipinski definition) is 1. The van der Waals surface area contributed by atoms with E-state index in [2.05, 4.69) is 211 Å². The van der Waals surface area contributed by atoms with Crippen LogP contribution >= 0.6 is 0 Å². The van der Waals surface area contributed by atoms with Gasteiger partial charge in [0.05, 0.1) is 11.2 Å². The largest absolute Gasteiger partial charge is 0.248 e. The molecule has 0 aliphatic rings. The van der Waals surface area contributed by atoms with Gasteiger partial charge in [0.1, 0.15) is 0 Å². The molecule has 1 heteroatoms. The van der Waals surface area contributed by atoms with E-state index in [0.29, 0.717) is 0 Å². The summed E-state index contributed by atoms with van der Waals surface area (Å²) in [5.74, 6) is 0. The average Bonchev–Trinajstić information content (AvgIpc) is 3.22. The second-order valence-corrected chi connectivity index (χ2v) is 17.3. The lowest BCUT2D eigenvalue weighted by molar-refractivity contribution is 0.590. The summed E-state index contributed by atoms with van der Waals surface area (Å²) in [4.78, 5) is 4.98. The van der Waals surface area contributed by atoms with E-state index in [1.54, 1.807) is 0 Å². The molecule has 0 spiro atoms. The minimum Gasteiger partial charge on any atom is -0.248 e. The monoisotopic (exact) mass is 721 g/mol. The van der Waals surface area contributed by atoms with Gasteiger partial charge < -0.3 is 0 Å². The van der Waals surface area contributed by atoms with Crippen LogP contribution in [0.2, 0.25) is 0 Å². The summed E-state index contributed by atoms with van der Waals surface area (Å²) in [5, 5.41) is 6.13. The highest BCUT2D eigenvalue weighted by Gasteiger charge is 2.20. The summed E-state index contributed by atoms with van der Waals surface area (Å²) < 4.78 is 0. The number of aromatic nitrogens is 1. The Kier molecular flexibility index (Phi) is 8.70. The van der Waals surface area contributed by atoms with Gasteiger partial charge in [-0.3, -0.25) is 0 Å². The molecule has 9 aromatic rings. The predicted octanol–water partition coefficient (Wildman–Crippen LogP) is 15.5. The van der Waals surface area contributed by atoms with Crippen molar-refractivity contribution < 1.29 is 0 Å². The molecule has 0 bridgehead atoms. The van der Waals surface area contributed by atoms with Gasteiger partial charge in [0.2, 0.25) is 0 Å². The van der Waals surface area contributed by atoms with Crippen molar-refractivity contribution in [3.63, 3.8) is 0 Å². The zero-order valence-electron chi connectivity index (χ0n) is 33.2. The van der Waals surface area contributed by atoms with Crippen LogP contribution in [0.5, 0.6) is 0 Å². The third kappa shape index (κ3) is 6.58. The van der Waals surface area contributed by atoms with Gasteiger partial charge in [-0.15, -0.1) is 0 Å². The predicted molar refractivity (Wildman–Crippen MR) is 241 cm³/mol. The maximum atomic E-state index is 4.98. The molecule has 0 saturated heterocycles. The van der Waals surface area contributed by atoms with Crippen molar-refractivity contribution in [1.29, 1.82) is 0 Å². The molecule has 8 aromatic carbocycles. The molecule has 0 unspecified atom stereocenters. The Morgan fingerprint density at radius 2 is 0.714 bits per heavy atom. The summed E-state index contributed by atoms with van der Waals surface area (Å²) in [6.45, 7) is 13.7. The number of benzene rings is 8. The van der Waals surface area contributed by atoms with E-state index in [9.17, 15) is 0 Å². The van der Waals surface area contributed by atoms with Crippen LogP contribution in [-0.4, -0.2) is 4.98 Å². The first kappa shape index (κ1) is 35.4. The molecule has 0 radical (unpaired) electrons. The number of para-hydroxylation sites is 1. The van der Waals surface area contributed by atoms with E-state index in [0.717, 1.165) is 22.2 Å². The summed E-state index contributed by atoms with van der Waals surface area (Å²) in [7, 11) is 0.